The number of aromatic nitrogens is 1. The summed E-state index contributed by atoms with van der Waals surface area (Å²) in [5.41, 5.74) is 0.258. The van der Waals surface area contributed by atoms with Crippen molar-refractivity contribution in [2.45, 2.75) is 32.0 Å². The van der Waals surface area contributed by atoms with Crippen molar-refractivity contribution in [1.82, 2.24) is 10.3 Å². The number of carbonyl (C=O) groups is 1. The molecule has 0 aliphatic heterocycles. The average molecular weight is 366 g/mol. The molecule has 26 heavy (non-hydrogen) atoms. The van der Waals surface area contributed by atoms with Crippen LogP contribution in [0.25, 0.3) is 0 Å². The Morgan fingerprint density at radius 1 is 1.27 bits per heavy atom. The molecule has 1 aromatic heterocycles. The van der Waals surface area contributed by atoms with E-state index in [2.05, 4.69) is 5.32 Å². The largest absolute Gasteiger partial charge is 0.496 e. The standard InChI is InChI=1S/C18H17F3N2O3/c1-9-3-4-10-11(15(9)26-2)5-7-13(10)22-16(24)12-6-8-14(18(19,20)21)23-17(12)25/h3-4,6,8,13H,5,7H2,1-2H3,(H,22,24)(H,23,25). The Kier molecular flexibility index (Phi) is 4.52. The molecule has 0 saturated heterocycles. The van der Waals surface area contributed by atoms with Gasteiger partial charge in [-0.2, -0.15) is 13.2 Å². The first-order valence-electron chi connectivity index (χ1n) is 8.00. The molecule has 1 unspecified atom stereocenters. The molecule has 2 N–H and O–H groups in total. The second kappa shape index (κ2) is 6.51. The molecule has 0 radical (unpaired) electrons. The fourth-order valence-electron chi connectivity index (χ4n) is 3.28. The molecule has 1 aliphatic rings. The Balaban J connectivity index is 1.84. The molecule has 1 heterocycles. The summed E-state index contributed by atoms with van der Waals surface area (Å²) in [6, 6.07) is 5.02. The monoisotopic (exact) mass is 366 g/mol. The minimum Gasteiger partial charge on any atom is -0.496 e. The number of aryl methyl sites for hydroxylation is 1. The van der Waals surface area contributed by atoms with Gasteiger partial charge in [0.15, 0.2) is 0 Å². The molecule has 0 bridgehead atoms. The highest BCUT2D eigenvalue weighted by atomic mass is 19.4. The highest BCUT2D eigenvalue weighted by Crippen LogP contribution is 2.38. The molecule has 3 rings (SSSR count). The van der Waals surface area contributed by atoms with Crippen LogP contribution in [0.4, 0.5) is 13.2 Å². The van der Waals surface area contributed by atoms with E-state index in [1.807, 2.05) is 19.1 Å². The van der Waals surface area contributed by atoms with Crippen molar-refractivity contribution in [3.8, 4) is 5.75 Å². The summed E-state index contributed by atoms with van der Waals surface area (Å²) in [7, 11) is 1.58. The van der Waals surface area contributed by atoms with Gasteiger partial charge in [-0.05, 0) is 48.6 Å². The maximum absolute atomic E-state index is 12.6. The Morgan fingerprint density at radius 3 is 2.62 bits per heavy atom. The van der Waals surface area contributed by atoms with Crippen LogP contribution in [0.1, 0.15) is 45.2 Å². The lowest BCUT2D eigenvalue weighted by molar-refractivity contribution is -0.141. The molecule has 1 aliphatic carbocycles. The van der Waals surface area contributed by atoms with Crippen LogP contribution >= 0.6 is 0 Å². The number of fused-ring (bicyclic) bond motifs is 1. The van der Waals surface area contributed by atoms with E-state index in [1.165, 1.54) is 0 Å². The van der Waals surface area contributed by atoms with Crippen LogP contribution in [-0.2, 0) is 12.6 Å². The second-order valence-corrected chi connectivity index (χ2v) is 6.16. The molecule has 0 fully saturated rings. The summed E-state index contributed by atoms with van der Waals surface area (Å²) < 4.78 is 43.3. The normalized spacial score (nSPS) is 16.3. The Hall–Kier alpha value is -2.77. The van der Waals surface area contributed by atoms with Crippen LogP contribution < -0.4 is 15.6 Å². The van der Waals surface area contributed by atoms with Crippen LogP contribution in [0.5, 0.6) is 5.75 Å². The molecular formula is C18H17F3N2O3. The number of nitrogens with one attached hydrogen (secondary N) is 2. The number of aromatic amines is 1. The van der Waals surface area contributed by atoms with E-state index in [1.54, 1.807) is 12.1 Å². The summed E-state index contributed by atoms with van der Waals surface area (Å²) in [5.74, 6) is 0.0593. The van der Waals surface area contributed by atoms with E-state index in [9.17, 15) is 22.8 Å². The predicted molar refractivity (Wildman–Crippen MR) is 88.3 cm³/mol. The van der Waals surface area contributed by atoms with Gasteiger partial charge >= 0.3 is 6.18 Å². The van der Waals surface area contributed by atoms with Crippen molar-refractivity contribution in [3.63, 3.8) is 0 Å². The zero-order valence-corrected chi connectivity index (χ0v) is 14.2. The number of carbonyl (C=O) groups excluding carboxylic acids is 1. The van der Waals surface area contributed by atoms with Gasteiger partial charge in [-0.1, -0.05) is 12.1 Å². The number of methoxy groups -OCH3 is 1. The van der Waals surface area contributed by atoms with Gasteiger partial charge in [0.2, 0.25) is 0 Å². The lowest BCUT2D eigenvalue weighted by Gasteiger charge is -2.16. The molecule has 0 spiro atoms. The summed E-state index contributed by atoms with van der Waals surface area (Å²) in [5, 5.41) is 2.73. The smallest absolute Gasteiger partial charge is 0.431 e. The molecule has 138 valence electrons. The number of halogens is 3. The third kappa shape index (κ3) is 3.18. The highest BCUT2D eigenvalue weighted by Gasteiger charge is 2.33. The number of rotatable bonds is 3. The summed E-state index contributed by atoms with van der Waals surface area (Å²) in [6.45, 7) is 1.92. The third-order valence-corrected chi connectivity index (χ3v) is 4.52. The van der Waals surface area contributed by atoms with E-state index < -0.39 is 23.3 Å². The van der Waals surface area contributed by atoms with Crippen LogP contribution in [0, 0.1) is 6.92 Å². The summed E-state index contributed by atoms with van der Waals surface area (Å²) in [4.78, 5) is 25.9. The number of H-pyrrole nitrogens is 1. The van der Waals surface area contributed by atoms with Gasteiger partial charge in [0.05, 0.1) is 13.2 Å². The van der Waals surface area contributed by atoms with E-state index in [-0.39, 0.29) is 11.6 Å². The van der Waals surface area contributed by atoms with Gasteiger partial charge < -0.3 is 15.0 Å². The highest BCUT2D eigenvalue weighted by molar-refractivity contribution is 5.94. The Labute approximate surface area is 147 Å². The van der Waals surface area contributed by atoms with Crippen molar-refractivity contribution in [2.24, 2.45) is 0 Å². The number of hydrogen-bond acceptors (Lipinski definition) is 3. The van der Waals surface area contributed by atoms with Crippen LogP contribution in [0.15, 0.2) is 29.1 Å². The van der Waals surface area contributed by atoms with Gasteiger partial charge in [-0.15, -0.1) is 0 Å². The van der Waals surface area contributed by atoms with Crippen molar-refractivity contribution >= 4 is 5.91 Å². The van der Waals surface area contributed by atoms with Crippen molar-refractivity contribution in [3.05, 3.63) is 62.6 Å². The Bertz CT molecular complexity index is 919. The molecular weight excluding hydrogens is 349 g/mol. The van der Waals surface area contributed by atoms with Crippen LogP contribution in [-0.4, -0.2) is 18.0 Å². The van der Waals surface area contributed by atoms with Crippen molar-refractivity contribution in [2.75, 3.05) is 7.11 Å². The number of pyridine rings is 1. The van der Waals surface area contributed by atoms with E-state index in [0.717, 1.165) is 28.5 Å². The Morgan fingerprint density at radius 2 is 2.00 bits per heavy atom. The third-order valence-electron chi connectivity index (χ3n) is 4.52. The zero-order chi connectivity index (χ0) is 19.1. The van der Waals surface area contributed by atoms with Gasteiger partial charge in [-0.25, -0.2) is 0 Å². The first-order chi connectivity index (χ1) is 12.2. The summed E-state index contributed by atoms with van der Waals surface area (Å²) in [6.07, 6.45) is -3.35. The van der Waals surface area contributed by atoms with E-state index in [4.69, 9.17) is 4.74 Å². The van der Waals surface area contributed by atoms with Gasteiger partial charge in [0, 0.05) is 0 Å². The quantitative estimate of drug-likeness (QED) is 0.877. The fraction of sp³-hybridized carbons (Fsp3) is 0.333. The topological polar surface area (TPSA) is 71.2 Å². The number of benzene rings is 1. The minimum absolute atomic E-state index is 0.325. The van der Waals surface area contributed by atoms with Crippen LogP contribution in [0.2, 0.25) is 0 Å². The maximum Gasteiger partial charge on any atom is 0.431 e. The number of hydrogen-bond donors (Lipinski definition) is 2. The van der Waals surface area contributed by atoms with Crippen molar-refractivity contribution < 1.29 is 22.7 Å². The average Bonchev–Trinajstić information content (AvgIpc) is 2.96. The molecule has 1 aromatic carbocycles. The first kappa shape index (κ1) is 18.0. The van der Waals surface area contributed by atoms with Gasteiger partial charge in [0.25, 0.3) is 11.5 Å². The molecule has 8 heteroatoms. The van der Waals surface area contributed by atoms with Crippen LogP contribution in [0.3, 0.4) is 0 Å². The van der Waals surface area contributed by atoms with E-state index in [0.29, 0.717) is 18.9 Å². The molecule has 1 atom stereocenters. The number of amides is 1. The molecule has 1 amide bonds. The lowest BCUT2D eigenvalue weighted by Crippen LogP contribution is -2.32. The molecule has 2 aromatic rings. The lowest BCUT2D eigenvalue weighted by atomic mass is 10.0. The fourth-order valence-corrected chi connectivity index (χ4v) is 3.28. The minimum atomic E-state index is -4.67. The molecule has 5 nitrogen and oxygen atoms in total. The van der Waals surface area contributed by atoms with E-state index >= 15 is 0 Å². The molecule has 0 saturated carbocycles. The predicted octanol–water partition coefficient (Wildman–Crippen LogP) is 3.13. The number of alkyl halides is 3. The van der Waals surface area contributed by atoms with Gasteiger partial charge in [0.1, 0.15) is 17.0 Å². The first-order valence-corrected chi connectivity index (χ1v) is 8.00. The maximum atomic E-state index is 12.6. The van der Waals surface area contributed by atoms with Gasteiger partial charge in [-0.3, -0.25) is 9.59 Å². The SMILES string of the molecule is COc1c(C)ccc2c1CCC2NC(=O)c1ccc(C(F)(F)F)[nH]c1=O. The zero-order valence-electron chi connectivity index (χ0n) is 14.2. The number of ether oxygens (including phenoxy) is 1. The summed E-state index contributed by atoms with van der Waals surface area (Å²) >= 11 is 0. The second-order valence-electron chi connectivity index (χ2n) is 6.16. The van der Waals surface area contributed by atoms with Crippen molar-refractivity contribution in [1.29, 1.82) is 0 Å².